The Balaban J connectivity index is 1.69. The van der Waals surface area contributed by atoms with Crippen LogP contribution in [0.1, 0.15) is 18.9 Å². The molecule has 0 bridgehead atoms. The summed E-state index contributed by atoms with van der Waals surface area (Å²) in [7, 11) is 0. The van der Waals surface area contributed by atoms with Crippen LogP contribution >= 0.6 is 11.8 Å². The maximum Gasteiger partial charge on any atom is 0.265 e. The SMILES string of the molecule is CCn1c(SCC(=O)Nc2ccccc2C(F)F)nnc1-c1ccccc1. The van der Waals surface area contributed by atoms with E-state index in [0.717, 1.165) is 11.4 Å². The Hall–Kier alpha value is -2.74. The molecule has 0 unspecified atom stereocenters. The summed E-state index contributed by atoms with van der Waals surface area (Å²) in [4.78, 5) is 12.2. The minimum absolute atomic E-state index is 0.0461. The Bertz CT molecular complexity index is 915. The number of nitrogens with one attached hydrogen (secondary N) is 1. The van der Waals surface area contributed by atoms with Gasteiger partial charge in [0, 0.05) is 23.4 Å². The molecule has 5 nitrogen and oxygen atoms in total. The molecule has 140 valence electrons. The molecule has 1 N–H and O–H groups in total. The molecular formula is C19H18F2N4OS. The number of thioether (sulfide) groups is 1. The molecule has 3 rings (SSSR count). The third-order valence-electron chi connectivity index (χ3n) is 3.87. The van der Waals surface area contributed by atoms with E-state index in [0.29, 0.717) is 11.7 Å². The lowest BCUT2D eigenvalue weighted by molar-refractivity contribution is -0.113. The smallest absolute Gasteiger partial charge is 0.265 e. The first kappa shape index (κ1) is 19.0. The van der Waals surface area contributed by atoms with Crippen LogP contribution in [-0.2, 0) is 11.3 Å². The first-order chi connectivity index (χ1) is 13.1. The Morgan fingerprint density at radius 2 is 1.81 bits per heavy atom. The molecule has 0 atom stereocenters. The van der Waals surface area contributed by atoms with E-state index >= 15 is 0 Å². The second-order valence-electron chi connectivity index (χ2n) is 5.64. The molecule has 1 aromatic heterocycles. The van der Waals surface area contributed by atoms with Crippen LogP contribution in [0.5, 0.6) is 0 Å². The Morgan fingerprint density at radius 1 is 1.11 bits per heavy atom. The van der Waals surface area contributed by atoms with E-state index in [1.165, 1.54) is 30.0 Å². The predicted molar refractivity (Wildman–Crippen MR) is 102 cm³/mol. The average Bonchev–Trinajstić information content (AvgIpc) is 3.10. The highest BCUT2D eigenvalue weighted by molar-refractivity contribution is 7.99. The molecule has 2 aromatic carbocycles. The van der Waals surface area contributed by atoms with Gasteiger partial charge in [-0.25, -0.2) is 8.78 Å². The van der Waals surface area contributed by atoms with Gasteiger partial charge in [0.25, 0.3) is 6.43 Å². The largest absolute Gasteiger partial charge is 0.325 e. The highest BCUT2D eigenvalue weighted by atomic mass is 32.2. The quantitative estimate of drug-likeness (QED) is 0.600. The number of anilines is 1. The van der Waals surface area contributed by atoms with Gasteiger partial charge >= 0.3 is 0 Å². The zero-order valence-electron chi connectivity index (χ0n) is 14.6. The van der Waals surface area contributed by atoms with Crippen LogP contribution in [0.2, 0.25) is 0 Å². The van der Waals surface area contributed by atoms with Gasteiger partial charge in [0.1, 0.15) is 0 Å². The van der Waals surface area contributed by atoms with Crippen LogP contribution in [0, 0.1) is 0 Å². The van der Waals surface area contributed by atoms with Crippen LogP contribution in [-0.4, -0.2) is 26.4 Å². The van der Waals surface area contributed by atoms with Crippen LogP contribution in [0.3, 0.4) is 0 Å². The molecule has 0 spiro atoms. The van der Waals surface area contributed by atoms with Crippen molar-refractivity contribution >= 4 is 23.4 Å². The fourth-order valence-corrected chi connectivity index (χ4v) is 3.40. The van der Waals surface area contributed by atoms with Gasteiger partial charge in [-0.05, 0) is 13.0 Å². The second-order valence-corrected chi connectivity index (χ2v) is 6.58. The third kappa shape index (κ3) is 4.51. The van der Waals surface area contributed by atoms with Gasteiger partial charge in [0.05, 0.1) is 5.75 Å². The van der Waals surface area contributed by atoms with E-state index in [2.05, 4.69) is 15.5 Å². The summed E-state index contributed by atoms with van der Waals surface area (Å²) in [5.74, 6) is 0.397. The number of halogens is 2. The summed E-state index contributed by atoms with van der Waals surface area (Å²) < 4.78 is 27.9. The summed E-state index contributed by atoms with van der Waals surface area (Å²) >= 11 is 1.22. The number of carbonyl (C=O) groups excluding carboxylic acids is 1. The maximum atomic E-state index is 13.0. The number of para-hydroxylation sites is 1. The molecule has 0 aliphatic carbocycles. The number of hydrogen-bond acceptors (Lipinski definition) is 4. The molecule has 0 saturated heterocycles. The number of alkyl halides is 2. The van der Waals surface area contributed by atoms with Gasteiger partial charge in [0.2, 0.25) is 5.91 Å². The van der Waals surface area contributed by atoms with Crippen molar-refractivity contribution in [2.45, 2.75) is 25.1 Å². The van der Waals surface area contributed by atoms with Gasteiger partial charge < -0.3 is 9.88 Å². The van der Waals surface area contributed by atoms with E-state index < -0.39 is 6.43 Å². The van der Waals surface area contributed by atoms with Crippen molar-refractivity contribution in [2.75, 3.05) is 11.1 Å². The lowest BCUT2D eigenvalue weighted by Gasteiger charge is -2.10. The van der Waals surface area contributed by atoms with Crippen molar-refractivity contribution in [2.24, 2.45) is 0 Å². The van der Waals surface area contributed by atoms with Gasteiger partial charge in [-0.1, -0.05) is 60.3 Å². The minimum atomic E-state index is -2.65. The van der Waals surface area contributed by atoms with Gasteiger partial charge in [-0.2, -0.15) is 0 Å². The van der Waals surface area contributed by atoms with E-state index in [1.54, 1.807) is 6.07 Å². The molecule has 8 heteroatoms. The second kappa shape index (κ2) is 8.77. The van der Waals surface area contributed by atoms with E-state index in [4.69, 9.17) is 0 Å². The Morgan fingerprint density at radius 3 is 2.52 bits per heavy atom. The summed E-state index contributed by atoms with van der Waals surface area (Å²) in [5.41, 5.74) is 0.869. The first-order valence-electron chi connectivity index (χ1n) is 8.38. The lowest BCUT2D eigenvalue weighted by atomic mass is 10.2. The third-order valence-corrected chi connectivity index (χ3v) is 4.83. The van der Waals surface area contributed by atoms with Crippen LogP contribution in [0.15, 0.2) is 59.8 Å². The number of carbonyl (C=O) groups is 1. The summed E-state index contributed by atoms with van der Waals surface area (Å²) in [6.45, 7) is 2.62. The fraction of sp³-hybridized carbons (Fsp3) is 0.211. The highest BCUT2D eigenvalue weighted by Gasteiger charge is 2.16. The topological polar surface area (TPSA) is 59.8 Å². The standard InChI is InChI=1S/C19H18F2N4OS/c1-2-25-18(13-8-4-3-5-9-13)23-24-19(25)27-12-16(26)22-15-11-7-6-10-14(15)17(20)21/h3-11,17H,2,12H2,1H3,(H,22,26). The number of hydrogen-bond donors (Lipinski definition) is 1. The van der Waals surface area contributed by atoms with Gasteiger partial charge in [0.15, 0.2) is 11.0 Å². The van der Waals surface area contributed by atoms with Crippen LogP contribution < -0.4 is 5.32 Å². The number of nitrogens with zero attached hydrogens (tertiary/aromatic N) is 3. The maximum absolute atomic E-state index is 13.0. The monoisotopic (exact) mass is 388 g/mol. The zero-order chi connectivity index (χ0) is 19.2. The number of aromatic nitrogens is 3. The van der Waals surface area contributed by atoms with Crippen molar-refractivity contribution < 1.29 is 13.6 Å². The molecule has 1 amide bonds. The van der Waals surface area contributed by atoms with Gasteiger partial charge in [-0.3, -0.25) is 4.79 Å². The molecule has 0 aliphatic rings. The highest BCUT2D eigenvalue weighted by Crippen LogP contribution is 2.27. The van der Waals surface area contributed by atoms with Crippen molar-refractivity contribution in [3.63, 3.8) is 0 Å². The molecule has 3 aromatic rings. The van der Waals surface area contributed by atoms with Crippen molar-refractivity contribution in [3.05, 3.63) is 60.2 Å². The van der Waals surface area contributed by atoms with Crippen LogP contribution in [0.4, 0.5) is 14.5 Å². The summed E-state index contributed by atoms with van der Waals surface area (Å²) in [6, 6.07) is 15.5. The van der Waals surface area contributed by atoms with E-state index in [1.807, 2.05) is 41.8 Å². The molecule has 0 fully saturated rings. The first-order valence-corrected chi connectivity index (χ1v) is 9.37. The molecular weight excluding hydrogens is 370 g/mol. The Labute approximate surface area is 159 Å². The number of amides is 1. The molecule has 0 radical (unpaired) electrons. The minimum Gasteiger partial charge on any atom is -0.325 e. The van der Waals surface area contributed by atoms with Crippen molar-refractivity contribution in [1.29, 1.82) is 0 Å². The Kier molecular flexibility index (Phi) is 6.18. The zero-order valence-corrected chi connectivity index (χ0v) is 15.4. The normalized spacial score (nSPS) is 11.0. The van der Waals surface area contributed by atoms with Crippen LogP contribution in [0.25, 0.3) is 11.4 Å². The molecule has 0 saturated carbocycles. The van der Waals surface area contributed by atoms with Crippen molar-refractivity contribution in [3.8, 4) is 11.4 Å². The fourth-order valence-electron chi connectivity index (χ4n) is 2.60. The average molecular weight is 388 g/mol. The molecule has 27 heavy (non-hydrogen) atoms. The lowest BCUT2D eigenvalue weighted by Crippen LogP contribution is -2.16. The van der Waals surface area contributed by atoms with E-state index in [9.17, 15) is 13.6 Å². The summed E-state index contributed by atoms with van der Waals surface area (Å²) in [6.07, 6.45) is -2.65. The van der Waals surface area contributed by atoms with Crippen molar-refractivity contribution in [1.82, 2.24) is 14.8 Å². The molecule has 0 aliphatic heterocycles. The predicted octanol–water partition coefficient (Wildman–Crippen LogP) is 4.63. The number of rotatable bonds is 7. The van der Waals surface area contributed by atoms with E-state index in [-0.39, 0.29) is 22.9 Å². The number of benzene rings is 2. The molecule has 1 heterocycles. The summed E-state index contributed by atoms with van der Waals surface area (Å²) in [5, 5.41) is 11.5. The van der Waals surface area contributed by atoms with Gasteiger partial charge in [-0.15, -0.1) is 10.2 Å².